The zero-order chi connectivity index (χ0) is 17.1. The number of ether oxygens (including phenoxy) is 1. The zero-order valence-electron chi connectivity index (χ0n) is 11.6. The Morgan fingerprint density at radius 3 is 2.09 bits per heavy atom. The molecule has 0 aliphatic carbocycles. The first-order chi connectivity index (χ1) is 10.0. The average molecular weight is 356 g/mol. The summed E-state index contributed by atoms with van der Waals surface area (Å²) in [5.41, 5.74) is 1.52. The van der Waals surface area contributed by atoms with Crippen molar-refractivity contribution in [3.8, 4) is 0 Å². The van der Waals surface area contributed by atoms with Crippen molar-refractivity contribution in [1.82, 2.24) is 5.48 Å². The smallest absolute Gasteiger partial charge is 0.296 e. The molecule has 0 bridgehead atoms. The third-order valence-corrected chi connectivity index (χ3v) is 4.54. The summed E-state index contributed by atoms with van der Waals surface area (Å²) in [6.07, 6.45) is 0. The zero-order valence-corrected chi connectivity index (χ0v) is 13.3. The van der Waals surface area contributed by atoms with Crippen molar-refractivity contribution in [3.63, 3.8) is 0 Å². The minimum Gasteiger partial charge on any atom is -0.365 e. The Hall–Kier alpha value is -1.28. The van der Waals surface area contributed by atoms with E-state index in [2.05, 4.69) is 5.32 Å². The molecule has 5 N–H and O–H groups in total. The third kappa shape index (κ3) is 4.36. The lowest BCUT2D eigenvalue weighted by atomic mass is 10.1. The number of methoxy groups -OCH3 is 1. The largest absolute Gasteiger partial charge is 0.365 e. The first kappa shape index (κ1) is 18.8. The standard InChI is InChI=1S/C10H16N2O8S2/c1-6(12-13)7-3-8(11-5-20-2)10(22(17,18)19)4-9(7)21(14,15)16/h3-4,6,11-13H,5H2,1-2H3,(H,14,15,16)(H,17,18,19). The molecule has 0 heterocycles. The summed E-state index contributed by atoms with van der Waals surface area (Å²) in [4.78, 5) is -1.52. The molecule has 1 unspecified atom stereocenters. The molecule has 22 heavy (non-hydrogen) atoms. The summed E-state index contributed by atoms with van der Waals surface area (Å²) >= 11 is 0. The SMILES string of the molecule is COCNc1cc(C(C)NO)c(S(=O)(=O)O)cc1S(=O)(=O)O. The van der Waals surface area contributed by atoms with Gasteiger partial charge in [-0.15, -0.1) is 0 Å². The minimum atomic E-state index is -4.79. The summed E-state index contributed by atoms with van der Waals surface area (Å²) in [5.74, 6) is 0. The number of hydrogen-bond donors (Lipinski definition) is 5. The summed E-state index contributed by atoms with van der Waals surface area (Å²) in [6, 6.07) is 0.695. The van der Waals surface area contributed by atoms with Gasteiger partial charge in [-0.1, -0.05) is 0 Å². The first-order valence-corrected chi connectivity index (χ1v) is 8.65. The van der Waals surface area contributed by atoms with E-state index >= 15 is 0 Å². The van der Waals surface area contributed by atoms with Gasteiger partial charge >= 0.3 is 0 Å². The van der Waals surface area contributed by atoms with Crippen molar-refractivity contribution in [3.05, 3.63) is 17.7 Å². The van der Waals surface area contributed by atoms with Crippen molar-refractivity contribution in [1.29, 1.82) is 0 Å². The molecule has 1 rings (SSSR count). The summed E-state index contributed by atoms with van der Waals surface area (Å²) in [5, 5.41) is 11.5. The molecule has 0 aliphatic rings. The first-order valence-electron chi connectivity index (χ1n) is 5.77. The van der Waals surface area contributed by atoms with Gasteiger partial charge in [0.15, 0.2) is 0 Å². The number of benzene rings is 1. The van der Waals surface area contributed by atoms with Crippen LogP contribution in [0.4, 0.5) is 5.69 Å². The van der Waals surface area contributed by atoms with E-state index in [4.69, 9.17) is 9.94 Å². The van der Waals surface area contributed by atoms with Crippen LogP contribution in [0.5, 0.6) is 0 Å². The van der Waals surface area contributed by atoms with Gasteiger partial charge in [0.05, 0.1) is 11.7 Å². The van der Waals surface area contributed by atoms with Crippen molar-refractivity contribution < 1.29 is 35.9 Å². The molecule has 0 fully saturated rings. The Kier molecular flexibility index (Phi) is 5.86. The molecule has 1 atom stereocenters. The lowest BCUT2D eigenvalue weighted by Gasteiger charge is -2.18. The van der Waals surface area contributed by atoms with Gasteiger partial charge in [-0.3, -0.25) is 9.11 Å². The fourth-order valence-electron chi connectivity index (χ4n) is 1.71. The second-order valence-corrected chi connectivity index (χ2v) is 7.08. The van der Waals surface area contributed by atoms with Crippen LogP contribution in [0.25, 0.3) is 0 Å². The molecule has 1 aromatic rings. The van der Waals surface area contributed by atoms with Crippen molar-refractivity contribution in [2.24, 2.45) is 0 Å². The van der Waals surface area contributed by atoms with Crippen LogP contribution >= 0.6 is 0 Å². The van der Waals surface area contributed by atoms with Gasteiger partial charge in [-0.25, -0.2) is 0 Å². The van der Waals surface area contributed by atoms with Gasteiger partial charge < -0.3 is 15.3 Å². The Bertz CT molecular complexity index is 744. The van der Waals surface area contributed by atoms with Crippen LogP contribution in [0.15, 0.2) is 21.9 Å². The van der Waals surface area contributed by atoms with E-state index < -0.39 is 36.1 Å². The highest BCUT2D eigenvalue weighted by Crippen LogP contribution is 2.31. The fourth-order valence-corrected chi connectivity index (χ4v) is 3.26. The van der Waals surface area contributed by atoms with Crippen LogP contribution in [0, 0.1) is 0 Å². The highest BCUT2D eigenvalue weighted by Gasteiger charge is 2.26. The number of hydroxylamine groups is 1. The van der Waals surface area contributed by atoms with Gasteiger partial charge in [0, 0.05) is 7.11 Å². The quantitative estimate of drug-likeness (QED) is 0.260. The van der Waals surface area contributed by atoms with E-state index in [1.54, 1.807) is 5.48 Å². The van der Waals surface area contributed by atoms with E-state index in [0.29, 0.717) is 6.07 Å². The molecular weight excluding hydrogens is 340 g/mol. The Morgan fingerprint density at radius 1 is 1.14 bits per heavy atom. The topological polar surface area (TPSA) is 162 Å². The molecule has 10 nitrogen and oxygen atoms in total. The molecule has 0 saturated heterocycles. The molecule has 0 aromatic heterocycles. The van der Waals surface area contributed by atoms with Crippen LogP contribution in [-0.2, 0) is 25.0 Å². The Morgan fingerprint density at radius 2 is 1.68 bits per heavy atom. The number of rotatable bonds is 7. The maximum Gasteiger partial charge on any atom is 0.296 e. The molecule has 0 amide bonds. The molecule has 0 aliphatic heterocycles. The van der Waals surface area contributed by atoms with E-state index in [1.165, 1.54) is 14.0 Å². The molecule has 0 spiro atoms. The van der Waals surface area contributed by atoms with Gasteiger partial charge in [-0.05, 0) is 24.6 Å². The Balaban J connectivity index is 3.72. The van der Waals surface area contributed by atoms with Crippen molar-refractivity contribution >= 4 is 25.9 Å². The van der Waals surface area contributed by atoms with Crippen LogP contribution < -0.4 is 10.8 Å². The minimum absolute atomic E-state index is 0.115. The highest BCUT2D eigenvalue weighted by atomic mass is 32.2. The lowest BCUT2D eigenvalue weighted by Crippen LogP contribution is -2.19. The monoisotopic (exact) mass is 356 g/mol. The number of nitrogens with one attached hydrogen (secondary N) is 2. The maximum atomic E-state index is 11.4. The summed E-state index contributed by atoms with van der Waals surface area (Å²) < 4.78 is 68.7. The van der Waals surface area contributed by atoms with Gasteiger partial charge in [-0.2, -0.15) is 22.3 Å². The van der Waals surface area contributed by atoms with Crippen molar-refractivity contribution in [2.45, 2.75) is 22.8 Å². The number of hydrogen-bond acceptors (Lipinski definition) is 8. The predicted octanol–water partition coefficient (Wildman–Crippen LogP) is 0.236. The van der Waals surface area contributed by atoms with Gasteiger partial charge in [0.2, 0.25) is 0 Å². The predicted molar refractivity (Wildman–Crippen MR) is 74.9 cm³/mol. The van der Waals surface area contributed by atoms with Crippen LogP contribution in [-0.4, -0.2) is 45.0 Å². The summed E-state index contributed by atoms with van der Waals surface area (Å²) in [6.45, 7) is 1.24. The maximum absolute atomic E-state index is 11.4. The molecule has 1 aromatic carbocycles. The van der Waals surface area contributed by atoms with E-state index in [-0.39, 0.29) is 18.0 Å². The van der Waals surface area contributed by atoms with Crippen molar-refractivity contribution in [2.75, 3.05) is 19.2 Å². The fraction of sp³-hybridized carbons (Fsp3) is 0.400. The second-order valence-electron chi connectivity index (χ2n) is 4.30. The van der Waals surface area contributed by atoms with E-state index in [0.717, 1.165) is 6.07 Å². The normalized spacial score (nSPS) is 13.9. The second kappa shape index (κ2) is 6.87. The average Bonchev–Trinajstić information content (AvgIpc) is 2.41. The van der Waals surface area contributed by atoms with E-state index in [1.807, 2.05) is 0 Å². The van der Waals surface area contributed by atoms with E-state index in [9.17, 15) is 25.9 Å². The number of anilines is 1. The van der Waals surface area contributed by atoms with Crippen LogP contribution in [0.2, 0.25) is 0 Å². The Labute approximate surface area is 127 Å². The molecular formula is C10H16N2O8S2. The molecule has 0 radical (unpaired) electrons. The van der Waals surface area contributed by atoms with Crippen LogP contribution in [0.1, 0.15) is 18.5 Å². The van der Waals surface area contributed by atoms with Gasteiger partial charge in [0.1, 0.15) is 16.5 Å². The summed E-state index contributed by atoms with van der Waals surface area (Å²) in [7, 11) is -8.24. The molecule has 12 heteroatoms. The molecule has 0 saturated carbocycles. The van der Waals surface area contributed by atoms with Crippen LogP contribution in [0.3, 0.4) is 0 Å². The lowest BCUT2D eigenvalue weighted by molar-refractivity contribution is 0.132. The molecule has 126 valence electrons. The van der Waals surface area contributed by atoms with Gasteiger partial charge in [0.25, 0.3) is 20.2 Å². The highest BCUT2D eigenvalue weighted by molar-refractivity contribution is 7.86. The third-order valence-electron chi connectivity index (χ3n) is 2.73.